The monoisotopic (exact) mass is 671 g/mol. The van der Waals surface area contributed by atoms with Crippen molar-refractivity contribution in [2.45, 2.75) is 108 Å². The molecule has 0 saturated heterocycles. The third-order valence-electron chi connectivity index (χ3n) is 11.5. The molecule has 0 unspecified atom stereocenters. The molecule has 48 heavy (non-hydrogen) atoms. The number of ether oxygens (including phenoxy) is 1. The minimum absolute atomic E-state index is 0.0281. The van der Waals surface area contributed by atoms with Gasteiger partial charge in [0.1, 0.15) is 12.2 Å². The number of rotatable bonds is 5. The molecule has 6 rings (SSSR count). The number of nitrogens with one attached hydrogen (secondary N) is 1. The summed E-state index contributed by atoms with van der Waals surface area (Å²) in [5, 5.41) is 14.2. The van der Waals surface area contributed by atoms with Gasteiger partial charge in [-0.3, -0.25) is 10.1 Å². The Morgan fingerprint density at radius 1 is 0.958 bits per heavy atom. The zero-order valence-electron chi connectivity index (χ0n) is 27.6. The predicted molar refractivity (Wildman–Crippen MR) is 172 cm³/mol. The smallest absolute Gasteiger partial charge is 0.444 e. The van der Waals surface area contributed by atoms with Gasteiger partial charge in [0, 0.05) is 23.4 Å². The van der Waals surface area contributed by atoms with Gasteiger partial charge >= 0.3 is 18.2 Å². The lowest BCUT2D eigenvalue weighted by atomic mass is 9.50. The van der Waals surface area contributed by atoms with Gasteiger partial charge in [-0.25, -0.2) is 4.79 Å². The summed E-state index contributed by atoms with van der Waals surface area (Å²) in [5.41, 5.74) is 1.02. The number of amides is 1. The molecule has 5 nitrogen and oxygen atoms in total. The maximum Gasteiger partial charge on any atom is 0.456 e. The van der Waals surface area contributed by atoms with Crippen molar-refractivity contribution >= 4 is 17.6 Å². The van der Waals surface area contributed by atoms with E-state index in [1.54, 1.807) is 42.5 Å². The summed E-state index contributed by atoms with van der Waals surface area (Å²) in [5.74, 6) is -6.65. The number of carbonyl (C=O) groups excluding carboxylic acids is 2. The molecule has 1 amide bonds. The van der Waals surface area contributed by atoms with E-state index in [1.807, 2.05) is 12.1 Å². The van der Waals surface area contributed by atoms with Gasteiger partial charge in [0.15, 0.2) is 5.78 Å². The second-order valence-corrected chi connectivity index (χ2v) is 15.2. The fourth-order valence-corrected chi connectivity index (χ4v) is 8.92. The molecule has 2 N–H and O–H groups in total. The van der Waals surface area contributed by atoms with E-state index < -0.39 is 47.5 Å². The van der Waals surface area contributed by atoms with Crippen LogP contribution in [0.2, 0.25) is 0 Å². The van der Waals surface area contributed by atoms with Gasteiger partial charge in [-0.15, -0.1) is 0 Å². The van der Waals surface area contributed by atoms with Crippen molar-refractivity contribution < 1.29 is 41.4 Å². The molecule has 0 spiro atoms. The summed E-state index contributed by atoms with van der Waals surface area (Å²) in [4.78, 5) is 24.8. The van der Waals surface area contributed by atoms with Crippen LogP contribution in [-0.2, 0) is 21.6 Å². The van der Waals surface area contributed by atoms with Crippen LogP contribution in [0.3, 0.4) is 0 Å². The first-order valence-corrected chi connectivity index (χ1v) is 16.6. The van der Waals surface area contributed by atoms with Crippen molar-refractivity contribution in [1.82, 2.24) is 0 Å². The number of aliphatic hydroxyl groups is 1. The van der Waals surface area contributed by atoms with Gasteiger partial charge < -0.3 is 9.84 Å². The van der Waals surface area contributed by atoms with E-state index in [-0.39, 0.29) is 36.6 Å². The Morgan fingerprint density at radius 3 is 2.25 bits per heavy atom. The number of anilines is 1. The van der Waals surface area contributed by atoms with Gasteiger partial charge in [-0.2, -0.15) is 22.0 Å². The molecule has 10 heteroatoms. The molecule has 2 fully saturated rings. The molecule has 5 atom stereocenters. The highest BCUT2D eigenvalue weighted by Crippen LogP contribution is 2.70. The number of benzene rings is 2. The molecule has 0 radical (unpaired) electrons. The third-order valence-corrected chi connectivity index (χ3v) is 11.5. The number of fused-ring (bicyclic) bond motifs is 4. The summed E-state index contributed by atoms with van der Waals surface area (Å²) >= 11 is 0. The van der Waals surface area contributed by atoms with Crippen LogP contribution in [0.4, 0.5) is 32.4 Å². The van der Waals surface area contributed by atoms with Crippen LogP contribution in [0, 0.1) is 17.3 Å². The molecule has 2 aromatic rings. The van der Waals surface area contributed by atoms with Gasteiger partial charge in [-0.1, -0.05) is 69.7 Å². The molecule has 0 heterocycles. The minimum Gasteiger partial charge on any atom is -0.444 e. The Kier molecular flexibility index (Phi) is 8.45. The van der Waals surface area contributed by atoms with Crippen molar-refractivity contribution in [3.63, 3.8) is 0 Å². The molecule has 2 aromatic carbocycles. The van der Waals surface area contributed by atoms with Crippen molar-refractivity contribution in [3.8, 4) is 0 Å². The highest BCUT2D eigenvalue weighted by Gasteiger charge is 2.79. The molecular formula is C38H42F5NO4. The molecular weight excluding hydrogens is 629 g/mol. The molecule has 0 aromatic heterocycles. The van der Waals surface area contributed by atoms with E-state index >= 15 is 8.78 Å². The van der Waals surface area contributed by atoms with Gasteiger partial charge in [0.25, 0.3) is 0 Å². The van der Waals surface area contributed by atoms with E-state index in [9.17, 15) is 27.9 Å². The number of alkyl halides is 5. The number of hydrogen-bond donors (Lipinski definition) is 2. The van der Waals surface area contributed by atoms with Crippen molar-refractivity contribution in [2.24, 2.45) is 17.3 Å². The Labute approximate surface area is 277 Å². The van der Waals surface area contributed by atoms with E-state index in [0.717, 1.165) is 27.8 Å². The second kappa shape index (κ2) is 11.8. The van der Waals surface area contributed by atoms with Gasteiger partial charge in [0.05, 0.1) is 0 Å². The SMILES string of the molecule is CC(C)(C)c1ccc(NC(=O)OCc2ccc([C@H]3C[C@@]4(C)[C@@H](CC[C@@]4(O)C(F)(F)C(F)(F)F)[C@@H]4CCC5=CC(=O)CCC5=C43)cc2)cc1. The quantitative estimate of drug-likeness (QED) is 0.311. The van der Waals surface area contributed by atoms with E-state index in [4.69, 9.17) is 4.74 Å². The van der Waals surface area contributed by atoms with Gasteiger partial charge in [-0.05, 0) is 102 Å². The molecule has 0 aliphatic heterocycles. The molecule has 2 saturated carbocycles. The summed E-state index contributed by atoms with van der Waals surface area (Å²) in [6.45, 7) is 7.65. The fourth-order valence-electron chi connectivity index (χ4n) is 8.92. The maximum atomic E-state index is 15.2. The number of hydrogen-bond acceptors (Lipinski definition) is 4. The average molecular weight is 672 g/mol. The predicted octanol–water partition coefficient (Wildman–Crippen LogP) is 9.56. The van der Waals surface area contributed by atoms with Crippen LogP contribution >= 0.6 is 0 Å². The highest BCUT2D eigenvalue weighted by molar-refractivity contribution is 5.93. The first-order valence-electron chi connectivity index (χ1n) is 16.6. The van der Waals surface area contributed by atoms with Crippen LogP contribution in [0.5, 0.6) is 0 Å². The van der Waals surface area contributed by atoms with Crippen molar-refractivity contribution in [2.75, 3.05) is 5.32 Å². The summed E-state index contributed by atoms with van der Waals surface area (Å²) in [6, 6.07) is 14.6. The van der Waals surface area contributed by atoms with E-state index in [0.29, 0.717) is 36.9 Å². The number of allylic oxidation sites excluding steroid dienone is 4. The van der Waals surface area contributed by atoms with E-state index in [1.165, 1.54) is 6.92 Å². The minimum atomic E-state index is -5.90. The topological polar surface area (TPSA) is 75.6 Å². The number of halogens is 5. The fraction of sp³-hybridized carbons (Fsp3) is 0.526. The second-order valence-electron chi connectivity index (χ2n) is 15.2. The van der Waals surface area contributed by atoms with Crippen LogP contribution in [0.1, 0.15) is 95.2 Å². The average Bonchev–Trinajstić information content (AvgIpc) is 3.30. The first-order chi connectivity index (χ1) is 22.4. The Hall–Kier alpha value is -3.53. The third kappa shape index (κ3) is 5.67. The lowest BCUT2D eigenvalue weighted by Crippen LogP contribution is -2.65. The lowest BCUT2D eigenvalue weighted by molar-refractivity contribution is -0.362. The first kappa shape index (κ1) is 34.3. The molecule has 4 aliphatic carbocycles. The van der Waals surface area contributed by atoms with Crippen LogP contribution in [-0.4, -0.2) is 34.7 Å². The van der Waals surface area contributed by atoms with Crippen LogP contribution in [0.15, 0.2) is 71.3 Å². The number of carbonyl (C=O) groups is 2. The lowest BCUT2D eigenvalue weighted by Gasteiger charge is -2.56. The van der Waals surface area contributed by atoms with Crippen molar-refractivity contribution in [3.05, 3.63) is 88.0 Å². The molecule has 4 aliphatic rings. The zero-order chi connectivity index (χ0) is 34.9. The van der Waals surface area contributed by atoms with Gasteiger partial charge in [0.2, 0.25) is 0 Å². The summed E-state index contributed by atoms with van der Waals surface area (Å²) in [6.07, 6.45) is -3.69. The number of ketones is 1. The summed E-state index contributed by atoms with van der Waals surface area (Å²) < 4.78 is 77.4. The molecule has 258 valence electrons. The summed E-state index contributed by atoms with van der Waals surface area (Å²) in [7, 11) is 0. The van der Waals surface area contributed by atoms with Crippen LogP contribution < -0.4 is 5.32 Å². The Balaban J connectivity index is 1.27. The maximum absolute atomic E-state index is 15.2. The van der Waals surface area contributed by atoms with E-state index in [2.05, 4.69) is 26.1 Å². The van der Waals surface area contributed by atoms with Crippen molar-refractivity contribution in [1.29, 1.82) is 0 Å². The Bertz CT molecular complexity index is 1650. The highest BCUT2D eigenvalue weighted by atomic mass is 19.4. The largest absolute Gasteiger partial charge is 0.456 e. The normalized spacial score (nSPS) is 29.1. The standard InChI is InChI=1S/C38H42F5NO4/c1-34(2,3)25-10-12-26(13-11-25)44-33(46)48-21-22-5-7-23(8-6-22)30-20-35(4)31(17-18-36(35,47)37(39,40)38(41,42)43)29-15-9-24-19-27(45)14-16-28(24)32(29)30/h5-8,10-13,19,29-31,47H,9,14-18,20-21H2,1-4H3,(H,44,46)/t29-,30+,31-,35-,36-/m0/s1. The van der Waals surface area contributed by atoms with Crippen LogP contribution in [0.25, 0.3) is 0 Å². The molecule has 0 bridgehead atoms. The Morgan fingerprint density at radius 2 is 1.62 bits per heavy atom. The zero-order valence-corrected chi connectivity index (χ0v) is 27.6.